The van der Waals surface area contributed by atoms with Crippen molar-refractivity contribution in [3.05, 3.63) is 16.2 Å². The molecule has 2 aliphatic rings. The van der Waals surface area contributed by atoms with Crippen LogP contribution in [0.15, 0.2) is 16.4 Å². The Hall–Kier alpha value is -1.23. The van der Waals surface area contributed by atoms with Gasteiger partial charge < -0.3 is 4.74 Å². The molecule has 1 saturated carbocycles. The van der Waals surface area contributed by atoms with E-state index in [9.17, 15) is 9.70 Å². The largest absolute Gasteiger partial charge is 0.466 e. The molecule has 0 bridgehead atoms. The first-order valence-electron chi connectivity index (χ1n) is 5.14. The molecule has 82 valence electrons. The van der Waals surface area contributed by atoms with Gasteiger partial charge in [0.1, 0.15) is 0 Å². The average molecular weight is 210 g/mol. The molecule has 5 nitrogen and oxygen atoms in total. The van der Waals surface area contributed by atoms with Crippen LogP contribution >= 0.6 is 0 Å². The van der Waals surface area contributed by atoms with E-state index >= 15 is 0 Å². The summed E-state index contributed by atoms with van der Waals surface area (Å²) in [5, 5.41) is 2.91. The van der Waals surface area contributed by atoms with E-state index in [1.54, 1.807) is 0 Å². The van der Waals surface area contributed by atoms with Crippen molar-refractivity contribution in [1.82, 2.24) is 4.90 Å². The Morgan fingerprint density at radius 2 is 2.27 bits per heavy atom. The van der Waals surface area contributed by atoms with E-state index in [4.69, 9.17) is 0 Å². The summed E-state index contributed by atoms with van der Waals surface area (Å²) in [7, 11) is 1.33. The number of hydrogen-bond donors (Lipinski definition) is 0. The molecule has 0 radical (unpaired) electrons. The number of esters is 1. The molecule has 0 N–H and O–H groups in total. The summed E-state index contributed by atoms with van der Waals surface area (Å²) in [4.78, 5) is 24.2. The van der Waals surface area contributed by atoms with Gasteiger partial charge in [0, 0.05) is 25.6 Å². The molecule has 0 amide bonds. The van der Waals surface area contributed by atoms with Crippen molar-refractivity contribution in [2.24, 2.45) is 5.18 Å². The minimum Gasteiger partial charge on any atom is -0.466 e. The van der Waals surface area contributed by atoms with Gasteiger partial charge in [-0.3, -0.25) is 4.90 Å². The molecular formula is C10H14N2O3. The maximum atomic E-state index is 11.4. The highest BCUT2D eigenvalue weighted by Gasteiger charge is 2.34. The lowest BCUT2D eigenvalue weighted by Gasteiger charge is -2.27. The lowest BCUT2D eigenvalue weighted by Crippen LogP contribution is -2.35. The fourth-order valence-electron chi connectivity index (χ4n) is 1.93. The number of nitroso groups, excluding NO2 is 1. The Labute approximate surface area is 88.1 Å². The van der Waals surface area contributed by atoms with E-state index in [0.29, 0.717) is 30.3 Å². The van der Waals surface area contributed by atoms with Crippen molar-refractivity contribution in [3.8, 4) is 0 Å². The van der Waals surface area contributed by atoms with Gasteiger partial charge in [0.2, 0.25) is 0 Å². The Morgan fingerprint density at radius 3 is 2.80 bits per heavy atom. The second kappa shape index (κ2) is 4.10. The Kier molecular flexibility index (Phi) is 2.81. The molecule has 0 unspecified atom stereocenters. The zero-order valence-electron chi connectivity index (χ0n) is 8.73. The van der Waals surface area contributed by atoms with Gasteiger partial charge in [-0.1, -0.05) is 0 Å². The molecule has 1 aliphatic heterocycles. The molecule has 2 rings (SSSR count). The average Bonchev–Trinajstić information content (AvgIpc) is 3.11. The van der Waals surface area contributed by atoms with Gasteiger partial charge >= 0.3 is 5.97 Å². The topological polar surface area (TPSA) is 59.0 Å². The second-order valence-corrected chi connectivity index (χ2v) is 3.96. The summed E-state index contributed by atoms with van der Waals surface area (Å²) in [6.45, 7) is 1.34. The van der Waals surface area contributed by atoms with Crippen LogP contribution < -0.4 is 0 Å². The number of nitrogens with zero attached hydrogens (tertiary/aromatic N) is 2. The smallest absolute Gasteiger partial charge is 0.337 e. The van der Waals surface area contributed by atoms with Gasteiger partial charge in [0.25, 0.3) is 0 Å². The highest BCUT2D eigenvalue weighted by molar-refractivity contribution is 5.89. The maximum absolute atomic E-state index is 11.4. The van der Waals surface area contributed by atoms with E-state index in [1.165, 1.54) is 20.0 Å². The van der Waals surface area contributed by atoms with E-state index in [0.717, 1.165) is 6.54 Å². The lowest BCUT2D eigenvalue weighted by atomic mass is 10.1. The summed E-state index contributed by atoms with van der Waals surface area (Å²) in [6, 6.07) is 0.595. The standard InChI is InChI=1S/C10H14N2O3/c1-15-10(13)8-6-12(7-2-3-7)5-4-9(8)11-14/h7H,2-6H2,1H3. The summed E-state index contributed by atoms with van der Waals surface area (Å²) < 4.78 is 4.65. The molecule has 1 heterocycles. The van der Waals surface area contributed by atoms with Crippen LogP contribution in [0.2, 0.25) is 0 Å². The fraction of sp³-hybridized carbons (Fsp3) is 0.700. The number of ether oxygens (including phenoxy) is 1. The molecule has 0 aromatic carbocycles. The molecular weight excluding hydrogens is 196 g/mol. The second-order valence-electron chi connectivity index (χ2n) is 3.96. The zero-order chi connectivity index (χ0) is 10.8. The van der Waals surface area contributed by atoms with E-state index in [-0.39, 0.29) is 0 Å². The first-order chi connectivity index (χ1) is 7.26. The van der Waals surface area contributed by atoms with Crippen molar-refractivity contribution in [1.29, 1.82) is 0 Å². The number of carbonyl (C=O) groups excluding carboxylic acids is 1. The van der Waals surface area contributed by atoms with Gasteiger partial charge in [-0.15, -0.1) is 4.91 Å². The molecule has 1 fully saturated rings. The van der Waals surface area contributed by atoms with Gasteiger partial charge in [-0.25, -0.2) is 4.79 Å². The van der Waals surface area contributed by atoms with Gasteiger partial charge in [0.15, 0.2) is 0 Å². The zero-order valence-corrected chi connectivity index (χ0v) is 8.73. The molecule has 0 aromatic heterocycles. The molecule has 0 aromatic rings. The van der Waals surface area contributed by atoms with Gasteiger partial charge in [-0.05, 0) is 18.0 Å². The summed E-state index contributed by atoms with van der Waals surface area (Å²) in [5.74, 6) is -0.421. The number of rotatable bonds is 3. The molecule has 0 saturated heterocycles. The predicted octanol–water partition coefficient (Wildman–Crippen LogP) is 1.05. The first kappa shape index (κ1) is 10.3. The molecule has 1 aliphatic carbocycles. The van der Waals surface area contributed by atoms with E-state index in [1.807, 2.05) is 0 Å². The van der Waals surface area contributed by atoms with Crippen molar-refractivity contribution in [2.75, 3.05) is 20.2 Å². The van der Waals surface area contributed by atoms with Crippen molar-refractivity contribution in [2.45, 2.75) is 25.3 Å². The van der Waals surface area contributed by atoms with Crippen molar-refractivity contribution in [3.63, 3.8) is 0 Å². The number of methoxy groups -OCH3 is 1. The van der Waals surface area contributed by atoms with E-state index in [2.05, 4.69) is 14.8 Å². The van der Waals surface area contributed by atoms with Crippen molar-refractivity contribution >= 4 is 5.97 Å². The minimum atomic E-state index is -0.421. The van der Waals surface area contributed by atoms with Crippen LogP contribution in [0.4, 0.5) is 0 Å². The third-order valence-electron chi connectivity index (χ3n) is 2.95. The summed E-state index contributed by atoms with van der Waals surface area (Å²) >= 11 is 0. The normalized spacial score (nSPS) is 22.7. The highest BCUT2D eigenvalue weighted by Crippen LogP contribution is 2.31. The van der Waals surface area contributed by atoms with Crippen LogP contribution in [0.1, 0.15) is 19.3 Å². The third-order valence-corrected chi connectivity index (χ3v) is 2.95. The lowest BCUT2D eigenvalue weighted by molar-refractivity contribution is -0.136. The Bertz CT molecular complexity index is 321. The van der Waals surface area contributed by atoms with Crippen molar-refractivity contribution < 1.29 is 9.53 Å². The van der Waals surface area contributed by atoms with Crippen LogP contribution in [0, 0.1) is 4.91 Å². The molecule has 0 spiro atoms. The highest BCUT2D eigenvalue weighted by atomic mass is 16.5. The number of carbonyl (C=O) groups is 1. The quantitative estimate of drug-likeness (QED) is 0.516. The van der Waals surface area contributed by atoms with Crippen LogP contribution in [0.5, 0.6) is 0 Å². The first-order valence-corrected chi connectivity index (χ1v) is 5.14. The van der Waals surface area contributed by atoms with Crippen LogP contribution in [-0.4, -0.2) is 37.1 Å². The molecule has 0 atom stereocenters. The van der Waals surface area contributed by atoms with Crippen LogP contribution in [0.3, 0.4) is 0 Å². The van der Waals surface area contributed by atoms with Crippen LogP contribution in [0.25, 0.3) is 0 Å². The Morgan fingerprint density at radius 1 is 1.53 bits per heavy atom. The van der Waals surface area contributed by atoms with Crippen LogP contribution in [-0.2, 0) is 9.53 Å². The van der Waals surface area contributed by atoms with Gasteiger partial charge in [-0.2, -0.15) is 0 Å². The SMILES string of the molecule is COC(=O)C1=C(N=O)CCN(C2CC2)C1. The summed E-state index contributed by atoms with van der Waals surface area (Å²) in [6.07, 6.45) is 2.95. The minimum absolute atomic E-state index is 0.360. The number of hydrogen-bond acceptors (Lipinski definition) is 5. The summed E-state index contributed by atoms with van der Waals surface area (Å²) in [5.41, 5.74) is 0.796. The molecule has 5 heteroatoms. The van der Waals surface area contributed by atoms with Gasteiger partial charge in [0.05, 0.1) is 18.4 Å². The van der Waals surface area contributed by atoms with E-state index < -0.39 is 5.97 Å². The Balaban J connectivity index is 2.15. The molecule has 15 heavy (non-hydrogen) atoms. The third kappa shape index (κ3) is 2.07. The maximum Gasteiger partial charge on any atom is 0.337 e. The predicted molar refractivity (Wildman–Crippen MR) is 54.0 cm³/mol. The monoisotopic (exact) mass is 210 g/mol. The fourth-order valence-corrected chi connectivity index (χ4v) is 1.93.